The molecule has 31 heavy (non-hydrogen) atoms. The molecule has 1 heterocycles. The van der Waals surface area contributed by atoms with Gasteiger partial charge in [0.1, 0.15) is 23.3 Å². The van der Waals surface area contributed by atoms with E-state index in [1.165, 1.54) is 13.8 Å². The molecule has 170 valence electrons. The number of rotatable bonds is 9. The minimum Gasteiger partial charge on any atom is -0.436 e. The summed E-state index contributed by atoms with van der Waals surface area (Å²) in [6.07, 6.45) is 0.950. The second-order valence-electron chi connectivity index (χ2n) is 8.84. The zero-order valence-corrected chi connectivity index (χ0v) is 19.5. The summed E-state index contributed by atoms with van der Waals surface area (Å²) >= 11 is 0. The van der Waals surface area contributed by atoms with Crippen molar-refractivity contribution in [3.63, 3.8) is 0 Å². The Morgan fingerprint density at radius 1 is 1.13 bits per heavy atom. The summed E-state index contributed by atoms with van der Waals surface area (Å²) in [5, 5.41) is 9.35. The molecule has 0 spiro atoms. The maximum atomic E-state index is 12.8. The van der Waals surface area contributed by atoms with Crippen LogP contribution in [0.1, 0.15) is 86.1 Å². The molecule has 2 aromatic rings. The Morgan fingerprint density at radius 3 is 2.03 bits per heavy atom. The van der Waals surface area contributed by atoms with Gasteiger partial charge in [-0.3, -0.25) is 9.59 Å². The highest BCUT2D eigenvalue weighted by molar-refractivity contribution is 7.91. The predicted octanol–water partition coefficient (Wildman–Crippen LogP) is 2.83. The van der Waals surface area contributed by atoms with E-state index >= 15 is 0 Å². The average Bonchev–Trinajstić information content (AvgIpc) is 3.12. The van der Waals surface area contributed by atoms with Crippen molar-refractivity contribution in [3.8, 4) is 0 Å². The zero-order valence-electron chi connectivity index (χ0n) is 18.7. The van der Waals surface area contributed by atoms with Gasteiger partial charge < -0.3 is 15.3 Å². The van der Waals surface area contributed by atoms with E-state index in [0.717, 1.165) is 17.4 Å². The van der Waals surface area contributed by atoms with E-state index in [4.69, 9.17) is 10.2 Å². The summed E-state index contributed by atoms with van der Waals surface area (Å²) in [6, 6.07) is 3.33. The molecule has 0 atom stereocenters. The van der Waals surface area contributed by atoms with Crippen LogP contribution in [-0.4, -0.2) is 36.0 Å². The molecule has 0 unspecified atom stereocenters. The van der Waals surface area contributed by atoms with Gasteiger partial charge in [-0.1, -0.05) is 27.7 Å². The highest BCUT2D eigenvalue weighted by Gasteiger charge is 2.29. The van der Waals surface area contributed by atoms with Crippen molar-refractivity contribution >= 4 is 21.5 Å². The molecule has 8 nitrogen and oxygen atoms in total. The maximum absolute atomic E-state index is 12.8. The second-order valence-corrected chi connectivity index (χ2v) is 10.7. The summed E-state index contributed by atoms with van der Waals surface area (Å²) in [6.45, 7) is 10.6. The minimum atomic E-state index is -4.12. The van der Waals surface area contributed by atoms with Crippen LogP contribution in [-0.2, 0) is 26.7 Å². The van der Waals surface area contributed by atoms with Crippen LogP contribution in [0.25, 0.3) is 0 Å². The Labute approximate surface area is 182 Å². The lowest BCUT2D eigenvalue weighted by atomic mass is 9.84. The van der Waals surface area contributed by atoms with Gasteiger partial charge in [-0.2, -0.15) is 0 Å². The van der Waals surface area contributed by atoms with Gasteiger partial charge in [-0.25, -0.2) is 13.4 Å². The van der Waals surface area contributed by atoms with Gasteiger partial charge in [-0.15, -0.1) is 0 Å². The third kappa shape index (κ3) is 5.80. The normalized spacial score (nSPS) is 12.5. The van der Waals surface area contributed by atoms with Gasteiger partial charge in [0, 0.05) is 12.0 Å². The lowest BCUT2D eigenvalue weighted by Gasteiger charge is -2.20. The van der Waals surface area contributed by atoms with Crippen LogP contribution in [0.2, 0.25) is 0 Å². The van der Waals surface area contributed by atoms with Gasteiger partial charge in [0.05, 0.1) is 0 Å². The van der Waals surface area contributed by atoms with Crippen molar-refractivity contribution in [2.75, 3.05) is 5.75 Å². The molecule has 0 aliphatic heterocycles. The van der Waals surface area contributed by atoms with E-state index in [1.807, 2.05) is 27.7 Å². The van der Waals surface area contributed by atoms with Crippen LogP contribution in [0.3, 0.4) is 0 Å². The van der Waals surface area contributed by atoms with E-state index in [2.05, 4.69) is 4.98 Å². The SMILES string of the molecule is CC(C)c1cc(C(N)=O)cc(C(C)C)c1CC(=O)CS(=O)(=O)c1nc(C(C)(C)O)co1. The molecule has 0 aliphatic rings. The first-order valence-electron chi connectivity index (χ1n) is 10.0. The quantitative estimate of drug-likeness (QED) is 0.598. The molecule has 1 aromatic heterocycles. The van der Waals surface area contributed by atoms with E-state index < -0.39 is 38.1 Å². The Kier molecular flexibility index (Phi) is 7.12. The van der Waals surface area contributed by atoms with E-state index in [-0.39, 0.29) is 24.0 Å². The summed E-state index contributed by atoms with van der Waals surface area (Å²) in [4.78, 5) is 28.4. The van der Waals surface area contributed by atoms with Gasteiger partial charge in [0.2, 0.25) is 15.7 Å². The number of ketones is 1. The fourth-order valence-electron chi connectivity index (χ4n) is 3.30. The number of carbonyl (C=O) groups is 2. The number of nitrogens with zero attached hydrogens (tertiary/aromatic N) is 1. The fraction of sp³-hybridized carbons (Fsp3) is 0.500. The number of aromatic nitrogens is 1. The summed E-state index contributed by atoms with van der Waals surface area (Å²) in [7, 11) is -4.12. The van der Waals surface area contributed by atoms with Crippen LogP contribution < -0.4 is 5.73 Å². The highest BCUT2D eigenvalue weighted by atomic mass is 32.2. The number of hydrogen-bond donors (Lipinski definition) is 2. The molecule has 0 fully saturated rings. The molecule has 1 amide bonds. The number of Topliss-reactive ketones (excluding diaryl/α,β-unsaturated/α-hetero) is 1. The van der Waals surface area contributed by atoms with Crippen molar-refractivity contribution in [1.82, 2.24) is 4.98 Å². The number of hydrogen-bond acceptors (Lipinski definition) is 7. The summed E-state index contributed by atoms with van der Waals surface area (Å²) < 4.78 is 30.3. The molecule has 3 N–H and O–H groups in total. The van der Waals surface area contributed by atoms with Crippen LogP contribution in [0, 0.1) is 0 Å². The average molecular weight is 451 g/mol. The first kappa shape index (κ1) is 24.7. The molecule has 0 aliphatic carbocycles. The topological polar surface area (TPSA) is 141 Å². The first-order chi connectivity index (χ1) is 14.1. The lowest BCUT2D eigenvalue weighted by Crippen LogP contribution is -2.21. The van der Waals surface area contributed by atoms with Crippen molar-refractivity contribution in [1.29, 1.82) is 0 Å². The third-order valence-electron chi connectivity index (χ3n) is 4.95. The Bertz CT molecular complexity index is 1060. The molecule has 0 saturated heterocycles. The number of carbonyl (C=O) groups excluding carboxylic acids is 2. The monoisotopic (exact) mass is 450 g/mol. The van der Waals surface area contributed by atoms with E-state index in [9.17, 15) is 23.1 Å². The number of oxazole rings is 1. The third-order valence-corrected chi connectivity index (χ3v) is 6.37. The number of nitrogens with two attached hydrogens (primary N) is 1. The molecule has 0 bridgehead atoms. The Hall–Kier alpha value is -2.52. The van der Waals surface area contributed by atoms with Crippen LogP contribution in [0.15, 0.2) is 28.0 Å². The number of sulfone groups is 1. The van der Waals surface area contributed by atoms with Crippen molar-refractivity contribution in [2.24, 2.45) is 5.73 Å². The molecule has 1 aromatic carbocycles. The molecule has 0 radical (unpaired) electrons. The smallest absolute Gasteiger partial charge is 0.315 e. The van der Waals surface area contributed by atoms with Crippen molar-refractivity contribution < 1.29 is 27.5 Å². The van der Waals surface area contributed by atoms with Crippen LogP contribution in [0.5, 0.6) is 0 Å². The lowest BCUT2D eigenvalue weighted by molar-refractivity contribution is -0.116. The minimum absolute atomic E-state index is 0.00251. The number of aliphatic hydroxyl groups is 1. The summed E-state index contributed by atoms with van der Waals surface area (Å²) in [5.74, 6) is -1.88. The maximum Gasteiger partial charge on any atom is 0.315 e. The second kappa shape index (κ2) is 8.92. The Balaban J connectivity index is 2.38. The number of amides is 1. The predicted molar refractivity (Wildman–Crippen MR) is 116 cm³/mol. The molecule has 2 rings (SSSR count). The number of benzene rings is 1. The van der Waals surface area contributed by atoms with Gasteiger partial charge in [-0.05, 0) is 54.5 Å². The zero-order chi connectivity index (χ0) is 23.7. The van der Waals surface area contributed by atoms with E-state index in [0.29, 0.717) is 11.1 Å². The molecular formula is C22H30N2O6S. The Morgan fingerprint density at radius 2 is 1.65 bits per heavy atom. The standard InChI is InChI=1S/C22H30N2O6S/c1-12(2)16-7-14(20(23)26)8-17(13(3)4)18(16)9-15(25)11-31(28,29)21-24-19(10-30-21)22(5,6)27/h7-8,10,12-13,27H,9,11H2,1-6H3,(H2,23,26). The molecule has 9 heteroatoms. The number of primary amides is 1. The van der Waals surface area contributed by atoms with Gasteiger partial charge in [0.25, 0.3) is 0 Å². The fourth-order valence-corrected chi connectivity index (χ4v) is 4.38. The summed E-state index contributed by atoms with van der Waals surface area (Å²) in [5.41, 5.74) is 6.78. The van der Waals surface area contributed by atoms with Crippen LogP contribution >= 0.6 is 0 Å². The van der Waals surface area contributed by atoms with Crippen molar-refractivity contribution in [3.05, 3.63) is 46.3 Å². The largest absolute Gasteiger partial charge is 0.436 e. The van der Waals surface area contributed by atoms with Crippen molar-refractivity contribution in [2.45, 2.75) is 70.6 Å². The van der Waals surface area contributed by atoms with E-state index in [1.54, 1.807) is 12.1 Å². The van der Waals surface area contributed by atoms with Gasteiger partial charge in [0.15, 0.2) is 5.78 Å². The highest BCUT2D eigenvalue weighted by Crippen LogP contribution is 2.30. The van der Waals surface area contributed by atoms with Gasteiger partial charge >= 0.3 is 5.22 Å². The first-order valence-corrected chi connectivity index (χ1v) is 11.7. The molecule has 0 saturated carbocycles. The molecular weight excluding hydrogens is 420 g/mol. The van der Waals surface area contributed by atoms with Crippen LogP contribution in [0.4, 0.5) is 0 Å².